The Bertz CT molecular complexity index is 264. The summed E-state index contributed by atoms with van der Waals surface area (Å²) in [6.45, 7) is 7.67. The lowest BCUT2D eigenvalue weighted by atomic mass is 10.2. The van der Waals surface area contributed by atoms with E-state index in [4.69, 9.17) is 5.73 Å². The highest BCUT2D eigenvalue weighted by Gasteiger charge is 2.32. The second-order valence-electron chi connectivity index (χ2n) is 5.11. The summed E-state index contributed by atoms with van der Waals surface area (Å²) < 4.78 is 0. The van der Waals surface area contributed by atoms with E-state index in [1.807, 2.05) is 0 Å². The zero-order chi connectivity index (χ0) is 11.5. The van der Waals surface area contributed by atoms with E-state index in [1.165, 1.54) is 25.8 Å². The van der Waals surface area contributed by atoms with Gasteiger partial charge in [0.1, 0.15) is 0 Å². The molecular formula is C12H24N4. The van der Waals surface area contributed by atoms with Crippen molar-refractivity contribution in [2.24, 2.45) is 16.6 Å². The smallest absolute Gasteiger partial charge is 0.188 e. The minimum atomic E-state index is 0.578. The van der Waals surface area contributed by atoms with Gasteiger partial charge < -0.3 is 11.1 Å². The molecule has 0 spiro atoms. The van der Waals surface area contributed by atoms with Crippen LogP contribution in [0.25, 0.3) is 0 Å². The molecule has 0 aromatic carbocycles. The number of likely N-dealkylation sites (N-methyl/N-ethyl adjacent to an activating group) is 1. The molecule has 0 aromatic rings. The average molecular weight is 224 g/mol. The molecule has 1 saturated heterocycles. The van der Waals surface area contributed by atoms with Crippen molar-refractivity contribution in [3.05, 3.63) is 0 Å². The van der Waals surface area contributed by atoms with Crippen LogP contribution in [0.4, 0.5) is 0 Å². The molecule has 16 heavy (non-hydrogen) atoms. The first-order valence-corrected chi connectivity index (χ1v) is 6.51. The van der Waals surface area contributed by atoms with Gasteiger partial charge in [0.25, 0.3) is 0 Å². The Labute approximate surface area is 98.3 Å². The molecule has 1 saturated carbocycles. The molecule has 4 nitrogen and oxygen atoms in total. The number of rotatable bonds is 4. The molecule has 0 amide bonds. The molecule has 0 aromatic heterocycles. The normalized spacial score (nSPS) is 35.4. The fourth-order valence-corrected chi connectivity index (χ4v) is 2.48. The van der Waals surface area contributed by atoms with Crippen molar-refractivity contribution in [1.82, 2.24) is 10.2 Å². The summed E-state index contributed by atoms with van der Waals surface area (Å²) in [6.07, 6.45) is 3.81. The largest absolute Gasteiger partial charge is 0.370 e. The number of guanidine groups is 1. The second kappa shape index (κ2) is 5.04. The Kier molecular flexibility index (Phi) is 3.69. The van der Waals surface area contributed by atoms with E-state index < -0.39 is 0 Å². The lowest BCUT2D eigenvalue weighted by Crippen LogP contribution is -2.37. The molecule has 2 rings (SSSR count). The van der Waals surface area contributed by atoms with Crippen molar-refractivity contribution in [3.63, 3.8) is 0 Å². The first-order valence-electron chi connectivity index (χ1n) is 6.51. The number of likely N-dealkylation sites (tertiary alicyclic amines) is 1. The maximum Gasteiger partial charge on any atom is 0.188 e. The Balaban J connectivity index is 1.74. The summed E-state index contributed by atoms with van der Waals surface area (Å²) in [6, 6.07) is 1.19. The van der Waals surface area contributed by atoms with Crippen molar-refractivity contribution in [3.8, 4) is 0 Å². The van der Waals surface area contributed by atoms with Gasteiger partial charge >= 0.3 is 0 Å². The number of nitrogens with zero attached hydrogens (tertiary/aromatic N) is 2. The fourth-order valence-electron chi connectivity index (χ4n) is 2.48. The first-order chi connectivity index (χ1) is 7.70. The molecular weight excluding hydrogens is 200 g/mol. The monoisotopic (exact) mass is 224 g/mol. The van der Waals surface area contributed by atoms with Crippen molar-refractivity contribution >= 4 is 5.96 Å². The van der Waals surface area contributed by atoms with Gasteiger partial charge in [-0.1, -0.05) is 13.8 Å². The standard InChI is InChI=1S/C12H24N4/c1-3-16-6-4-5-10(16)8-14-12(13)15-11-7-9(11)2/h9-11H,3-8H2,1-2H3,(H3,13,14,15). The molecule has 3 unspecified atom stereocenters. The third kappa shape index (κ3) is 2.88. The molecule has 0 radical (unpaired) electrons. The van der Waals surface area contributed by atoms with E-state index in [1.54, 1.807) is 0 Å². The van der Waals surface area contributed by atoms with E-state index in [0.717, 1.165) is 19.0 Å². The van der Waals surface area contributed by atoms with Gasteiger partial charge in [0.15, 0.2) is 5.96 Å². The summed E-state index contributed by atoms with van der Waals surface area (Å²) in [4.78, 5) is 6.96. The van der Waals surface area contributed by atoms with E-state index >= 15 is 0 Å². The lowest BCUT2D eigenvalue weighted by molar-refractivity contribution is 0.273. The van der Waals surface area contributed by atoms with Crippen LogP contribution >= 0.6 is 0 Å². The second-order valence-corrected chi connectivity index (χ2v) is 5.11. The third-order valence-electron chi connectivity index (χ3n) is 3.82. The summed E-state index contributed by atoms with van der Waals surface area (Å²) in [5.74, 6) is 1.41. The van der Waals surface area contributed by atoms with E-state index in [9.17, 15) is 0 Å². The minimum Gasteiger partial charge on any atom is -0.370 e. The average Bonchev–Trinajstić information content (AvgIpc) is 2.81. The van der Waals surface area contributed by atoms with Gasteiger partial charge in [-0.2, -0.15) is 0 Å². The summed E-state index contributed by atoms with van der Waals surface area (Å²) in [7, 11) is 0. The predicted molar refractivity (Wildman–Crippen MR) is 67.5 cm³/mol. The van der Waals surface area contributed by atoms with Crippen molar-refractivity contribution < 1.29 is 0 Å². The van der Waals surface area contributed by atoms with Crippen LogP contribution in [0.2, 0.25) is 0 Å². The van der Waals surface area contributed by atoms with Crippen molar-refractivity contribution in [2.45, 2.75) is 45.2 Å². The Morgan fingerprint density at radius 3 is 2.94 bits per heavy atom. The maximum atomic E-state index is 5.86. The Hall–Kier alpha value is -0.770. The molecule has 1 aliphatic heterocycles. The van der Waals surface area contributed by atoms with E-state index in [-0.39, 0.29) is 0 Å². The van der Waals surface area contributed by atoms with Crippen LogP contribution in [-0.4, -0.2) is 42.6 Å². The number of hydrogen-bond acceptors (Lipinski definition) is 2. The Morgan fingerprint density at radius 2 is 2.31 bits per heavy atom. The molecule has 92 valence electrons. The highest BCUT2D eigenvalue weighted by Crippen LogP contribution is 2.28. The van der Waals surface area contributed by atoms with E-state index in [2.05, 4.69) is 29.1 Å². The van der Waals surface area contributed by atoms with Crippen molar-refractivity contribution in [1.29, 1.82) is 0 Å². The van der Waals surface area contributed by atoms with Gasteiger partial charge in [-0.3, -0.25) is 9.89 Å². The molecule has 2 fully saturated rings. The number of nitrogens with one attached hydrogen (secondary N) is 1. The first kappa shape index (κ1) is 11.7. The minimum absolute atomic E-state index is 0.578. The number of aliphatic imine (C=N–C) groups is 1. The van der Waals surface area contributed by atoms with Crippen LogP contribution in [0, 0.1) is 5.92 Å². The summed E-state index contributed by atoms with van der Waals surface area (Å²) >= 11 is 0. The topological polar surface area (TPSA) is 53.6 Å². The zero-order valence-corrected chi connectivity index (χ0v) is 10.4. The van der Waals surface area contributed by atoms with Crippen LogP contribution in [0.1, 0.15) is 33.1 Å². The van der Waals surface area contributed by atoms with Gasteiger partial charge in [0, 0.05) is 12.1 Å². The fraction of sp³-hybridized carbons (Fsp3) is 0.917. The van der Waals surface area contributed by atoms with Gasteiger partial charge in [0.2, 0.25) is 0 Å². The summed E-state index contributed by atoms with van der Waals surface area (Å²) in [5.41, 5.74) is 5.86. The molecule has 0 bridgehead atoms. The van der Waals surface area contributed by atoms with Crippen LogP contribution < -0.4 is 11.1 Å². The van der Waals surface area contributed by atoms with Gasteiger partial charge in [-0.25, -0.2) is 0 Å². The molecule has 3 N–H and O–H groups in total. The summed E-state index contributed by atoms with van der Waals surface area (Å²) in [5, 5.41) is 3.27. The van der Waals surface area contributed by atoms with E-state index in [0.29, 0.717) is 18.0 Å². The van der Waals surface area contributed by atoms with Gasteiger partial charge in [-0.05, 0) is 38.3 Å². The van der Waals surface area contributed by atoms with Gasteiger partial charge in [-0.15, -0.1) is 0 Å². The highest BCUT2D eigenvalue weighted by molar-refractivity contribution is 5.78. The highest BCUT2D eigenvalue weighted by atomic mass is 15.2. The SMILES string of the molecule is CCN1CCCC1CN=C(N)NC1CC1C. The predicted octanol–water partition coefficient (Wildman–Crippen LogP) is 0.783. The maximum absolute atomic E-state index is 5.86. The molecule has 2 aliphatic rings. The van der Waals surface area contributed by atoms with Crippen LogP contribution in [0.5, 0.6) is 0 Å². The van der Waals surface area contributed by atoms with Crippen molar-refractivity contribution in [2.75, 3.05) is 19.6 Å². The van der Waals surface area contributed by atoms with Gasteiger partial charge in [0.05, 0.1) is 6.54 Å². The molecule has 4 heteroatoms. The molecule has 3 atom stereocenters. The van der Waals surface area contributed by atoms with Crippen LogP contribution in [-0.2, 0) is 0 Å². The number of nitrogens with two attached hydrogens (primary N) is 1. The third-order valence-corrected chi connectivity index (χ3v) is 3.82. The number of hydrogen-bond donors (Lipinski definition) is 2. The lowest BCUT2D eigenvalue weighted by Gasteiger charge is -2.20. The molecule has 1 aliphatic carbocycles. The molecule has 1 heterocycles. The zero-order valence-electron chi connectivity index (χ0n) is 10.4. The quantitative estimate of drug-likeness (QED) is 0.548. The Morgan fingerprint density at radius 1 is 1.56 bits per heavy atom. The van der Waals surface area contributed by atoms with Crippen LogP contribution in [0.3, 0.4) is 0 Å². The van der Waals surface area contributed by atoms with Crippen LogP contribution in [0.15, 0.2) is 4.99 Å².